The average Bonchev–Trinajstić information content (AvgIpc) is 2.79. The highest BCUT2D eigenvalue weighted by Gasteiger charge is 2.17. The van der Waals surface area contributed by atoms with Crippen LogP contribution in [0.15, 0.2) is 71.9 Å². The van der Waals surface area contributed by atoms with E-state index in [2.05, 4.69) is 10.5 Å². The van der Waals surface area contributed by atoms with E-state index in [-0.39, 0.29) is 39.6 Å². The maximum atomic E-state index is 12.4. The lowest BCUT2D eigenvalue weighted by Crippen LogP contribution is -2.14. The molecule has 0 unspecified atom stereocenters. The van der Waals surface area contributed by atoms with Crippen LogP contribution in [0.2, 0.25) is 0 Å². The number of anilines is 1. The zero-order valence-electron chi connectivity index (χ0n) is 16.1. The molecule has 0 aromatic heterocycles. The van der Waals surface area contributed by atoms with Gasteiger partial charge in [-0.2, -0.15) is 0 Å². The van der Waals surface area contributed by atoms with Crippen molar-refractivity contribution >= 4 is 29.2 Å². The van der Waals surface area contributed by atoms with Crippen LogP contribution in [0.3, 0.4) is 0 Å². The number of ether oxygens (including phenoxy) is 1. The van der Waals surface area contributed by atoms with Crippen molar-refractivity contribution in [1.82, 2.24) is 0 Å². The fraction of sp³-hybridized carbons (Fsp3) is 0. The van der Waals surface area contributed by atoms with E-state index in [4.69, 9.17) is 9.84 Å². The first-order chi connectivity index (χ1) is 15.3. The number of nitrogens with zero attached hydrogens (tertiary/aromatic N) is 2. The number of nitro groups is 1. The van der Waals surface area contributed by atoms with E-state index in [1.807, 2.05) is 0 Å². The number of carbonyl (C=O) groups excluding carboxylic acids is 2. The zero-order chi connectivity index (χ0) is 23.3. The molecule has 0 radical (unpaired) electrons. The minimum Gasteiger partial charge on any atom is -0.478 e. The van der Waals surface area contributed by atoms with E-state index in [9.17, 15) is 29.4 Å². The molecule has 0 bridgehead atoms. The number of nitrogens with one attached hydrogen (secondary N) is 1. The van der Waals surface area contributed by atoms with Gasteiger partial charge in [-0.05, 0) is 48.5 Å². The van der Waals surface area contributed by atoms with E-state index in [1.54, 1.807) is 0 Å². The summed E-state index contributed by atoms with van der Waals surface area (Å²) in [6, 6.07) is 14.2. The van der Waals surface area contributed by atoms with Gasteiger partial charge in [-0.25, -0.2) is 4.79 Å². The van der Waals surface area contributed by atoms with Gasteiger partial charge < -0.3 is 15.2 Å². The number of carbonyl (C=O) groups is 3. The molecule has 0 aliphatic rings. The highest BCUT2D eigenvalue weighted by molar-refractivity contribution is 6.09. The van der Waals surface area contributed by atoms with E-state index < -0.39 is 22.7 Å². The molecule has 3 rings (SSSR count). The standard InChI is InChI=1S/C21H13N3O8/c25-19(12-4-6-14(7-5-12)24(30)31)22-18-9-8-16(11-17(18)20(26)23-29)32-15-3-1-2-13(10-15)21(27)28/h1-11H,(H,22,25)(H,27,28). The van der Waals surface area contributed by atoms with Crippen LogP contribution in [-0.2, 0) is 0 Å². The first-order valence-electron chi connectivity index (χ1n) is 8.87. The number of nitro benzene ring substituents is 1. The molecule has 32 heavy (non-hydrogen) atoms. The summed E-state index contributed by atoms with van der Waals surface area (Å²) < 4.78 is 5.55. The highest BCUT2D eigenvalue weighted by atomic mass is 16.6. The van der Waals surface area contributed by atoms with E-state index in [0.717, 1.165) is 12.1 Å². The van der Waals surface area contributed by atoms with Gasteiger partial charge in [0.2, 0.25) is 0 Å². The topological polar surface area (TPSA) is 165 Å². The van der Waals surface area contributed by atoms with Gasteiger partial charge >= 0.3 is 11.9 Å². The van der Waals surface area contributed by atoms with Gasteiger partial charge in [0, 0.05) is 22.9 Å². The average molecular weight is 435 g/mol. The molecule has 2 N–H and O–H groups in total. The maximum Gasteiger partial charge on any atom is 0.335 e. The van der Waals surface area contributed by atoms with Crippen molar-refractivity contribution < 1.29 is 29.2 Å². The summed E-state index contributed by atoms with van der Waals surface area (Å²) in [7, 11) is 0. The second-order valence-electron chi connectivity index (χ2n) is 6.30. The normalized spacial score (nSPS) is 10.1. The van der Waals surface area contributed by atoms with Crippen LogP contribution < -0.4 is 10.1 Å². The molecule has 0 fully saturated rings. The number of rotatable bonds is 7. The predicted molar refractivity (Wildman–Crippen MR) is 111 cm³/mol. The number of amides is 2. The highest BCUT2D eigenvalue weighted by Crippen LogP contribution is 2.28. The van der Waals surface area contributed by atoms with Crippen molar-refractivity contribution in [2.75, 3.05) is 5.32 Å². The Bertz CT molecular complexity index is 1240. The van der Waals surface area contributed by atoms with Crippen molar-refractivity contribution in [3.05, 3.63) is 98.4 Å². The molecule has 11 heteroatoms. The molecule has 0 saturated heterocycles. The fourth-order valence-corrected chi connectivity index (χ4v) is 2.68. The number of benzene rings is 3. The Kier molecular flexibility index (Phi) is 6.30. The predicted octanol–water partition coefficient (Wildman–Crippen LogP) is 4.24. The summed E-state index contributed by atoms with van der Waals surface area (Å²) in [5.41, 5.74) is -0.429. The fourth-order valence-electron chi connectivity index (χ4n) is 2.68. The van der Waals surface area contributed by atoms with Gasteiger partial charge in [0.25, 0.3) is 11.6 Å². The molecule has 0 atom stereocenters. The van der Waals surface area contributed by atoms with Gasteiger partial charge in [0.05, 0.1) is 21.7 Å². The third kappa shape index (κ3) is 4.97. The molecule has 160 valence electrons. The maximum absolute atomic E-state index is 12.4. The van der Waals surface area contributed by atoms with Crippen molar-refractivity contribution in [2.24, 2.45) is 5.18 Å². The summed E-state index contributed by atoms with van der Waals surface area (Å²) in [4.78, 5) is 56.4. The first kappa shape index (κ1) is 21.8. The number of aromatic carboxylic acids is 1. The van der Waals surface area contributed by atoms with Gasteiger partial charge in [-0.1, -0.05) is 6.07 Å². The number of nitroso groups, excluding NO2 is 1. The lowest BCUT2D eigenvalue weighted by Gasteiger charge is -2.12. The van der Waals surface area contributed by atoms with Crippen LogP contribution in [0.25, 0.3) is 0 Å². The molecular weight excluding hydrogens is 422 g/mol. The van der Waals surface area contributed by atoms with Crippen LogP contribution in [0.5, 0.6) is 11.5 Å². The number of hydrogen-bond donors (Lipinski definition) is 2. The number of hydrogen-bond acceptors (Lipinski definition) is 7. The molecule has 0 aliphatic heterocycles. The molecule has 3 aromatic carbocycles. The van der Waals surface area contributed by atoms with E-state index in [1.165, 1.54) is 54.6 Å². The van der Waals surface area contributed by atoms with E-state index >= 15 is 0 Å². The quantitative estimate of drug-likeness (QED) is 0.316. The van der Waals surface area contributed by atoms with Crippen molar-refractivity contribution in [3.63, 3.8) is 0 Å². The zero-order valence-corrected chi connectivity index (χ0v) is 16.1. The second-order valence-corrected chi connectivity index (χ2v) is 6.30. The SMILES string of the molecule is O=NC(=O)c1cc(Oc2cccc(C(=O)O)c2)ccc1NC(=O)c1ccc([N+](=O)[O-])cc1. The number of carboxylic acid groups (broad SMARTS) is 1. The second kappa shape index (κ2) is 9.26. The summed E-state index contributed by atoms with van der Waals surface area (Å²) in [6.45, 7) is 0. The molecule has 0 heterocycles. The largest absolute Gasteiger partial charge is 0.478 e. The Morgan fingerprint density at radius 1 is 0.938 bits per heavy atom. The van der Waals surface area contributed by atoms with Gasteiger partial charge in [0.15, 0.2) is 0 Å². The number of non-ortho nitro benzene ring substituents is 1. The van der Waals surface area contributed by atoms with Crippen LogP contribution in [0.1, 0.15) is 31.1 Å². The van der Waals surface area contributed by atoms with E-state index in [0.29, 0.717) is 0 Å². The van der Waals surface area contributed by atoms with Crippen LogP contribution in [0, 0.1) is 15.0 Å². The van der Waals surface area contributed by atoms with Crippen molar-refractivity contribution in [1.29, 1.82) is 0 Å². The molecule has 11 nitrogen and oxygen atoms in total. The Hall–Kier alpha value is -4.93. The van der Waals surface area contributed by atoms with Crippen LogP contribution in [-0.4, -0.2) is 27.8 Å². The summed E-state index contributed by atoms with van der Waals surface area (Å²) in [5, 5.41) is 24.6. The van der Waals surface area contributed by atoms with Gasteiger partial charge in [-0.3, -0.25) is 19.7 Å². The third-order valence-corrected chi connectivity index (χ3v) is 4.21. The molecule has 0 aliphatic carbocycles. The minimum absolute atomic E-state index is 0.0136. The summed E-state index contributed by atoms with van der Waals surface area (Å²) >= 11 is 0. The van der Waals surface area contributed by atoms with Crippen molar-refractivity contribution in [2.45, 2.75) is 0 Å². The van der Waals surface area contributed by atoms with Gasteiger partial charge in [-0.15, -0.1) is 4.91 Å². The third-order valence-electron chi connectivity index (χ3n) is 4.21. The van der Waals surface area contributed by atoms with Gasteiger partial charge in [0.1, 0.15) is 11.5 Å². The summed E-state index contributed by atoms with van der Waals surface area (Å²) in [6.07, 6.45) is 0. The minimum atomic E-state index is -1.17. The lowest BCUT2D eigenvalue weighted by molar-refractivity contribution is -0.384. The van der Waals surface area contributed by atoms with Crippen LogP contribution >= 0.6 is 0 Å². The Balaban J connectivity index is 1.86. The molecule has 0 spiro atoms. The van der Waals surface area contributed by atoms with Crippen molar-refractivity contribution in [3.8, 4) is 11.5 Å². The summed E-state index contributed by atoms with van der Waals surface area (Å²) in [5.74, 6) is -2.74. The molecule has 3 aromatic rings. The Morgan fingerprint density at radius 2 is 1.62 bits per heavy atom. The molecular formula is C21H13N3O8. The Labute approximate surface area is 179 Å². The molecule has 2 amide bonds. The lowest BCUT2D eigenvalue weighted by atomic mass is 10.1. The smallest absolute Gasteiger partial charge is 0.335 e. The molecule has 0 saturated carbocycles. The number of carboxylic acids is 1. The van der Waals surface area contributed by atoms with Crippen LogP contribution in [0.4, 0.5) is 11.4 Å². The first-order valence-corrected chi connectivity index (χ1v) is 8.87. The monoisotopic (exact) mass is 435 g/mol. The Morgan fingerprint density at radius 3 is 2.25 bits per heavy atom.